The average Bonchev–Trinajstić information content (AvgIpc) is 2.63. The van der Waals surface area contributed by atoms with Gasteiger partial charge in [-0.1, -0.05) is 42.8 Å². The Kier molecular flexibility index (Phi) is 8.06. The summed E-state index contributed by atoms with van der Waals surface area (Å²) < 4.78 is 11.6. The van der Waals surface area contributed by atoms with Gasteiger partial charge in [0.1, 0.15) is 6.61 Å². The van der Waals surface area contributed by atoms with Crippen molar-refractivity contribution < 1.29 is 14.6 Å². The van der Waals surface area contributed by atoms with Crippen LogP contribution in [0.5, 0.6) is 11.5 Å². The average molecular weight is 364 g/mol. The summed E-state index contributed by atoms with van der Waals surface area (Å²) in [5.41, 5.74) is 2.02. The Morgan fingerprint density at radius 3 is 2.56 bits per heavy atom. The van der Waals surface area contributed by atoms with E-state index < -0.39 is 0 Å². The molecule has 0 aromatic heterocycles. The SMILES string of the molecule is CCOc1cc(CNC(CC)CO)ccc1OCc1ccccc1Cl. The predicted octanol–water partition coefficient (Wildman–Crippen LogP) is 4.18. The third kappa shape index (κ3) is 5.92. The second kappa shape index (κ2) is 10.3. The number of nitrogens with one attached hydrogen (secondary N) is 1. The van der Waals surface area contributed by atoms with Crippen molar-refractivity contribution in [3.05, 3.63) is 58.6 Å². The lowest BCUT2D eigenvalue weighted by Crippen LogP contribution is -2.31. The van der Waals surface area contributed by atoms with Gasteiger partial charge in [0.25, 0.3) is 0 Å². The summed E-state index contributed by atoms with van der Waals surface area (Å²) in [5, 5.41) is 13.3. The predicted molar refractivity (Wildman–Crippen MR) is 101 cm³/mol. The van der Waals surface area contributed by atoms with Gasteiger partial charge in [0.05, 0.1) is 13.2 Å². The van der Waals surface area contributed by atoms with Crippen LogP contribution in [0.15, 0.2) is 42.5 Å². The fraction of sp³-hybridized carbons (Fsp3) is 0.400. The van der Waals surface area contributed by atoms with Gasteiger partial charge in [-0.2, -0.15) is 0 Å². The van der Waals surface area contributed by atoms with E-state index in [1.165, 1.54) is 0 Å². The molecule has 0 aliphatic rings. The Morgan fingerprint density at radius 2 is 1.88 bits per heavy atom. The van der Waals surface area contributed by atoms with E-state index in [2.05, 4.69) is 5.32 Å². The summed E-state index contributed by atoms with van der Waals surface area (Å²) in [6.07, 6.45) is 0.883. The van der Waals surface area contributed by atoms with Crippen molar-refractivity contribution in [1.82, 2.24) is 5.32 Å². The zero-order valence-electron chi connectivity index (χ0n) is 14.8. The van der Waals surface area contributed by atoms with E-state index in [4.69, 9.17) is 21.1 Å². The number of hydrogen-bond acceptors (Lipinski definition) is 4. The summed E-state index contributed by atoms with van der Waals surface area (Å²) in [6.45, 7) is 5.75. The fourth-order valence-electron chi connectivity index (χ4n) is 2.42. The quantitative estimate of drug-likeness (QED) is 0.665. The highest BCUT2D eigenvalue weighted by molar-refractivity contribution is 6.31. The molecule has 1 atom stereocenters. The first-order valence-electron chi connectivity index (χ1n) is 8.64. The summed E-state index contributed by atoms with van der Waals surface area (Å²) in [6, 6.07) is 13.6. The lowest BCUT2D eigenvalue weighted by Gasteiger charge is -2.16. The van der Waals surface area contributed by atoms with E-state index >= 15 is 0 Å². The Labute approximate surface area is 154 Å². The zero-order valence-corrected chi connectivity index (χ0v) is 15.6. The minimum absolute atomic E-state index is 0.103. The van der Waals surface area contributed by atoms with Crippen molar-refractivity contribution in [1.29, 1.82) is 0 Å². The van der Waals surface area contributed by atoms with Crippen LogP contribution in [0.25, 0.3) is 0 Å². The van der Waals surface area contributed by atoms with Gasteiger partial charge in [0.15, 0.2) is 11.5 Å². The molecule has 1 unspecified atom stereocenters. The molecule has 0 saturated carbocycles. The molecule has 0 saturated heterocycles. The van der Waals surface area contributed by atoms with E-state index in [-0.39, 0.29) is 12.6 Å². The van der Waals surface area contributed by atoms with E-state index in [9.17, 15) is 5.11 Å². The fourth-order valence-corrected chi connectivity index (χ4v) is 2.61. The number of aliphatic hydroxyl groups excluding tert-OH is 1. The van der Waals surface area contributed by atoms with Crippen LogP contribution in [-0.2, 0) is 13.2 Å². The maximum Gasteiger partial charge on any atom is 0.161 e. The highest BCUT2D eigenvalue weighted by Gasteiger charge is 2.09. The van der Waals surface area contributed by atoms with Gasteiger partial charge in [-0.15, -0.1) is 0 Å². The molecule has 2 aromatic carbocycles. The van der Waals surface area contributed by atoms with Crippen molar-refractivity contribution in [2.75, 3.05) is 13.2 Å². The van der Waals surface area contributed by atoms with Crippen molar-refractivity contribution in [2.45, 2.75) is 39.5 Å². The van der Waals surface area contributed by atoms with Crippen molar-refractivity contribution in [3.8, 4) is 11.5 Å². The molecule has 0 aliphatic heterocycles. The minimum atomic E-state index is 0.103. The molecule has 0 amide bonds. The van der Waals surface area contributed by atoms with Gasteiger partial charge < -0.3 is 19.9 Å². The third-order valence-corrected chi connectivity index (χ3v) is 4.33. The number of hydrogen-bond donors (Lipinski definition) is 2. The summed E-state index contributed by atoms with van der Waals surface area (Å²) >= 11 is 6.18. The number of rotatable bonds is 10. The highest BCUT2D eigenvalue weighted by atomic mass is 35.5. The first kappa shape index (κ1) is 19.6. The Hall–Kier alpha value is -1.75. The number of benzene rings is 2. The van der Waals surface area contributed by atoms with Gasteiger partial charge in [0, 0.05) is 23.2 Å². The maximum absolute atomic E-state index is 9.27. The molecule has 0 bridgehead atoms. The largest absolute Gasteiger partial charge is 0.490 e. The van der Waals surface area contributed by atoms with Crippen LogP contribution in [0.4, 0.5) is 0 Å². The van der Waals surface area contributed by atoms with E-state index in [0.29, 0.717) is 36.3 Å². The molecular weight excluding hydrogens is 338 g/mol. The van der Waals surface area contributed by atoms with Crippen LogP contribution in [0, 0.1) is 0 Å². The number of ether oxygens (including phenoxy) is 2. The molecule has 0 radical (unpaired) electrons. The van der Waals surface area contributed by atoms with Crippen LogP contribution in [-0.4, -0.2) is 24.4 Å². The molecule has 2 aromatic rings. The molecule has 4 nitrogen and oxygen atoms in total. The molecule has 5 heteroatoms. The number of halogens is 1. The van der Waals surface area contributed by atoms with E-state index in [1.54, 1.807) is 0 Å². The third-order valence-electron chi connectivity index (χ3n) is 3.96. The molecule has 0 aliphatic carbocycles. The molecular formula is C20H26ClNO3. The van der Waals surface area contributed by atoms with Crippen LogP contribution in [0.1, 0.15) is 31.4 Å². The molecule has 0 spiro atoms. The normalized spacial score (nSPS) is 12.0. The van der Waals surface area contributed by atoms with Crippen molar-refractivity contribution >= 4 is 11.6 Å². The lowest BCUT2D eigenvalue weighted by atomic mass is 10.1. The van der Waals surface area contributed by atoms with Crippen LogP contribution in [0.3, 0.4) is 0 Å². The lowest BCUT2D eigenvalue weighted by molar-refractivity contribution is 0.238. The number of aliphatic hydroxyl groups is 1. The van der Waals surface area contributed by atoms with Crippen LogP contribution < -0.4 is 14.8 Å². The Balaban J connectivity index is 2.06. The van der Waals surface area contributed by atoms with Gasteiger partial charge in [-0.05, 0) is 37.1 Å². The van der Waals surface area contributed by atoms with Crippen LogP contribution >= 0.6 is 11.6 Å². The van der Waals surface area contributed by atoms with Crippen LogP contribution in [0.2, 0.25) is 5.02 Å². The molecule has 2 N–H and O–H groups in total. The van der Waals surface area contributed by atoms with Gasteiger partial charge >= 0.3 is 0 Å². The zero-order chi connectivity index (χ0) is 18.1. The van der Waals surface area contributed by atoms with E-state index in [1.807, 2.05) is 56.3 Å². The van der Waals surface area contributed by atoms with Gasteiger partial charge in [0.2, 0.25) is 0 Å². The maximum atomic E-state index is 9.27. The van der Waals surface area contributed by atoms with Gasteiger partial charge in [-0.25, -0.2) is 0 Å². The summed E-state index contributed by atoms with van der Waals surface area (Å²) in [5.74, 6) is 1.41. The van der Waals surface area contributed by atoms with Crippen molar-refractivity contribution in [3.63, 3.8) is 0 Å². The first-order chi connectivity index (χ1) is 12.2. The summed E-state index contributed by atoms with van der Waals surface area (Å²) in [7, 11) is 0. The Morgan fingerprint density at radius 1 is 1.08 bits per heavy atom. The molecule has 25 heavy (non-hydrogen) atoms. The van der Waals surface area contributed by atoms with Crippen molar-refractivity contribution in [2.24, 2.45) is 0 Å². The monoisotopic (exact) mass is 363 g/mol. The minimum Gasteiger partial charge on any atom is -0.490 e. The van der Waals surface area contributed by atoms with Gasteiger partial charge in [-0.3, -0.25) is 0 Å². The Bertz CT molecular complexity index is 659. The standard InChI is InChI=1S/C20H26ClNO3/c1-3-17(13-23)22-12-15-9-10-19(20(11-15)24-4-2)25-14-16-7-5-6-8-18(16)21/h5-11,17,22-23H,3-4,12-14H2,1-2H3. The topological polar surface area (TPSA) is 50.7 Å². The summed E-state index contributed by atoms with van der Waals surface area (Å²) in [4.78, 5) is 0. The molecule has 0 heterocycles. The molecule has 136 valence electrons. The second-order valence-electron chi connectivity index (χ2n) is 5.76. The second-order valence-corrected chi connectivity index (χ2v) is 6.17. The highest BCUT2D eigenvalue weighted by Crippen LogP contribution is 2.30. The molecule has 2 rings (SSSR count). The smallest absolute Gasteiger partial charge is 0.161 e. The first-order valence-corrected chi connectivity index (χ1v) is 9.01. The van der Waals surface area contributed by atoms with E-state index in [0.717, 1.165) is 17.5 Å². The molecule has 0 fully saturated rings.